The van der Waals surface area contributed by atoms with Gasteiger partial charge in [-0.05, 0) is 53.4 Å². The molecule has 5 aromatic rings. The monoisotopic (exact) mass is 609 g/mol. The fraction of sp³-hybridized carbons (Fsp3) is 0.182. The number of nitriles is 1. The lowest BCUT2D eigenvalue weighted by atomic mass is 9.96. The van der Waals surface area contributed by atoms with Crippen LogP contribution < -0.4 is 14.8 Å². The Hall–Kier alpha value is -5.08. The van der Waals surface area contributed by atoms with Crippen LogP contribution in [0.1, 0.15) is 27.8 Å². The Labute approximate surface area is 258 Å². The fourth-order valence-corrected chi connectivity index (χ4v) is 4.89. The molecule has 0 aliphatic carbocycles. The standard InChI is InChI=1S/C33H28ClN5O5/c1-20-24(3-2-4-26(20)23-5-6-28-29(11-23)38-8-7-37-28)19-44-32-12-31(43-18-22-9-21(13-35)14-36-15-22)25(10-27(32)34)16-39-30(17-40)33(41)42/h2-12,14-15,30,39-40H,16-19H2,1H3,(H,41,42). The second-order valence-electron chi connectivity index (χ2n) is 9.97. The summed E-state index contributed by atoms with van der Waals surface area (Å²) in [6.45, 7) is 1.82. The average molecular weight is 610 g/mol. The second kappa shape index (κ2) is 13.9. The number of aromatic nitrogens is 3. The zero-order valence-corrected chi connectivity index (χ0v) is 24.5. The van der Waals surface area contributed by atoms with Crippen LogP contribution in [0.15, 0.2) is 79.4 Å². The molecular formula is C33H28ClN5O5. The van der Waals surface area contributed by atoms with Crippen LogP contribution in [0.2, 0.25) is 5.02 Å². The van der Waals surface area contributed by atoms with Crippen LogP contribution in [0, 0.1) is 18.3 Å². The van der Waals surface area contributed by atoms with Crippen LogP contribution in [0.4, 0.5) is 0 Å². The smallest absolute Gasteiger partial charge is 0.323 e. The molecule has 0 amide bonds. The van der Waals surface area contributed by atoms with E-state index in [4.69, 9.17) is 21.1 Å². The van der Waals surface area contributed by atoms with Crippen molar-refractivity contribution in [2.24, 2.45) is 0 Å². The minimum atomic E-state index is -1.19. The van der Waals surface area contributed by atoms with Gasteiger partial charge in [0.25, 0.3) is 0 Å². The molecule has 0 aliphatic heterocycles. The van der Waals surface area contributed by atoms with E-state index in [1.54, 1.807) is 36.8 Å². The third-order valence-corrected chi connectivity index (χ3v) is 7.36. The van der Waals surface area contributed by atoms with Gasteiger partial charge >= 0.3 is 5.97 Å². The van der Waals surface area contributed by atoms with Crippen molar-refractivity contribution in [3.05, 3.63) is 112 Å². The lowest BCUT2D eigenvalue weighted by molar-refractivity contribution is -0.140. The van der Waals surface area contributed by atoms with E-state index in [1.165, 1.54) is 6.20 Å². The summed E-state index contributed by atoms with van der Waals surface area (Å²) in [7, 11) is 0. The fourth-order valence-electron chi connectivity index (χ4n) is 4.65. The highest BCUT2D eigenvalue weighted by molar-refractivity contribution is 6.32. The largest absolute Gasteiger partial charge is 0.488 e. The van der Waals surface area contributed by atoms with Gasteiger partial charge in [-0.25, -0.2) is 0 Å². The number of hydrogen-bond acceptors (Lipinski definition) is 9. The molecule has 3 aromatic carbocycles. The van der Waals surface area contributed by atoms with Gasteiger partial charge in [0.1, 0.15) is 36.8 Å². The predicted octanol–water partition coefficient (Wildman–Crippen LogP) is 5.22. The van der Waals surface area contributed by atoms with E-state index in [-0.39, 0.29) is 19.8 Å². The molecule has 0 saturated heterocycles. The first-order valence-corrected chi connectivity index (χ1v) is 14.0. The highest BCUT2D eigenvalue weighted by atomic mass is 35.5. The molecule has 1 atom stereocenters. The van der Waals surface area contributed by atoms with Crippen molar-refractivity contribution in [2.75, 3.05) is 6.61 Å². The van der Waals surface area contributed by atoms with E-state index >= 15 is 0 Å². The number of nitrogens with one attached hydrogen (secondary N) is 1. The van der Waals surface area contributed by atoms with Crippen LogP contribution in [0.5, 0.6) is 11.5 Å². The van der Waals surface area contributed by atoms with Crippen molar-refractivity contribution in [1.82, 2.24) is 20.3 Å². The summed E-state index contributed by atoms with van der Waals surface area (Å²) in [4.78, 5) is 24.2. The van der Waals surface area contributed by atoms with E-state index < -0.39 is 18.6 Å². The van der Waals surface area contributed by atoms with Crippen molar-refractivity contribution >= 4 is 28.6 Å². The molecule has 44 heavy (non-hydrogen) atoms. The molecule has 0 aliphatic rings. The number of nitrogens with zero attached hydrogens (tertiary/aromatic N) is 4. The molecule has 11 heteroatoms. The van der Waals surface area contributed by atoms with Gasteiger partial charge in [0.15, 0.2) is 0 Å². The second-order valence-corrected chi connectivity index (χ2v) is 10.4. The van der Waals surface area contributed by atoms with Crippen LogP contribution >= 0.6 is 11.6 Å². The molecule has 5 rings (SSSR count). The van der Waals surface area contributed by atoms with Gasteiger partial charge in [0.2, 0.25) is 0 Å². The highest BCUT2D eigenvalue weighted by Crippen LogP contribution is 2.35. The maximum Gasteiger partial charge on any atom is 0.323 e. The number of aliphatic carboxylic acids is 1. The van der Waals surface area contributed by atoms with Crippen molar-refractivity contribution in [3.63, 3.8) is 0 Å². The number of ether oxygens (including phenoxy) is 2. The van der Waals surface area contributed by atoms with Crippen LogP contribution in [-0.2, 0) is 24.6 Å². The molecule has 10 nitrogen and oxygen atoms in total. The Bertz CT molecular complexity index is 1860. The van der Waals surface area contributed by atoms with E-state index in [0.717, 1.165) is 33.3 Å². The van der Waals surface area contributed by atoms with Gasteiger partial charge in [-0.2, -0.15) is 5.26 Å². The van der Waals surface area contributed by atoms with E-state index in [0.29, 0.717) is 33.2 Å². The summed E-state index contributed by atoms with van der Waals surface area (Å²) < 4.78 is 12.3. The minimum Gasteiger partial charge on any atom is -0.488 e. The Kier molecular flexibility index (Phi) is 9.62. The highest BCUT2D eigenvalue weighted by Gasteiger charge is 2.18. The van der Waals surface area contributed by atoms with Gasteiger partial charge in [-0.1, -0.05) is 35.9 Å². The summed E-state index contributed by atoms with van der Waals surface area (Å²) in [5.41, 5.74) is 7.31. The maximum absolute atomic E-state index is 11.4. The van der Waals surface area contributed by atoms with E-state index in [1.807, 2.05) is 43.3 Å². The molecule has 2 heterocycles. The SMILES string of the molecule is Cc1c(COc2cc(OCc3cncc(C#N)c3)c(CNC(CO)C(=O)O)cc2Cl)cccc1-c1ccc2nccnc2c1. The number of fused-ring (bicyclic) bond motifs is 1. The first kappa shape index (κ1) is 30.4. The number of carboxylic acid groups (broad SMARTS) is 1. The molecule has 2 aromatic heterocycles. The van der Waals surface area contributed by atoms with Gasteiger partial charge in [0.05, 0.1) is 28.2 Å². The third-order valence-electron chi connectivity index (χ3n) is 7.06. The Morgan fingerprint density at radius 1 is 1.00 bits per heavy atom. The number of aliphatic hydroxyl groups is 1. The lowest BCUT2D eigenvalue weighted by Gasteiger charge is -2.18. The molecular weight excluding hydrogens is 582 g/mol. The number of rotatable bonds is 12. The third kappa shape index (κ3) is 7.10. The molecule has 3 N–H and O–H groups in total. The molecule has 0 saturated carbocycles. The predicted molar refractivity (Wildman–Crippen MR) is 164 cm³/mol. The van der Waals surface area contributed by atoms with Crippen molar-refractivity contribution < 1.29 is 24.5 Å². The first-order valence-electron chi connectivity index (χ1n) is 13.6. The number of pyridine rings is 1. The summed E-state index contributed by atoms with van der Waals surface area (Å²) in [6, 6.07) is 17.8. The number of benzene rings is 3. The van der Waals surface area contributed by atoms with Crippen LogP contribution in [0.3, 0.4) is 0 Å². The van der Waals surface area contributed by atoms with Gasteiger partial charge in [0, 0.05) is 48.5 Å². The van der Waals surface area contributed by atoms with E-state index in [9.17, 15) is 20.3 Å². The maximum atomic E-state index is 11.4. The number of carbonyl (C=O) groups is 1. The number of carboxylic acids is 1. The molecule has 0 radical (unpaired) electrons. The van der Waals surface area contributed by atoms with Crippen molar-refractivity contribution in [2.45, 2.75) is 32.7 Å². The Morgan fingerprint density at radius 2 is 1.80 bits per heavy atom. The summed E-state index contributed by atoms with van der Waals surface area (Å²) in [5.74, 6) is -0.421. The zero-order chi connectivity index (χ0) is 31.1. The summed E-state index contributed by atoms with van der Waals surface area (Å²) in [5, 5.41) is 31.0. The Balaban J connectivity index is 1.39. The van der Waals surface area contributed by atoms with Gasteiger partial charge in [-0.15, -0.1) is 0 Å². The quantitative estimate of drug-likeness (QED) is 0.172. The lowest BCUT2D eigenvalue weighted by Crippen LogP contribution is -2.39. The first-order chi connectivity index (χ1) is 21.4. The molecule has 0 bridgehead atoms. The van der Waals surface area contributed by atoms with Gasteiger partial charge < -0.3 is 19.7 Å². The van der Waals surface area contributed by atoms with Gasteiger partial charge in [-0.3, -0.25) is 25.1 Å². The topological polar surface area (TPSA) is 150 Å². The molecule has 222 valence electrons. The minimum absolute atomic E-state index is 0.0562. The molecule has 0 fully saturated rings. The Morgan fingerprint density at radius 3 is 2.57 bits per heavy atom. The number of aliphatic hydroxyl groups excluding tert-OH is 1. The summed E-state index contributed by atoms with van der Waals surface area (Å²) in [6.07, 6.45) is 6.39. The zero-order valence-electron chi connectivity index (χ0n) is 23.7. The molecule has 1 unspecified atom stereocenters. The number of hydrogen-bond donors (Lipinski definition) is 3. The normalized spacial score (nSPS) is 11.6. The van der Waals surface area contributed by atoms with Crippen molar-refractivity contribution in [3.8, 4) is 28.7 Å². The summed E-state index contributed by atoms with van der Waals surface area (Å²) >= 11 is 6.63. The number of halogens is 1. The van der Waals surface area contributed by atoms with Crippen LogP contribution in [-0.4, -0.2) is 43.8 Å². The molecule has 0 spiro atoms. The van der Waals surface area contributed by atoms with Crippen molar-refractivity contribution in [1.29, 1.82) is 5.26 Å². The van der Waals surface area contributed by atoms with E-state index in [2.05, 4.69) is 26.3 Å². The van der Waals surface area contributed by atoms with Crippen LogP contribution in [0.25, 0.3) is 22.2 Å². The average Bonchev–Trinajstić information content (AvgIpc) is 3.04.